The highest BCUT2D eigenvalue weighted by molar-refractivity contribution is 7.11. The number of thiazole rings is 1. The summed E-state index contributed by atoms with van der Waals surface area (Å²) in [7, 11) is 0. The summed E-state index contributed by atoms with van der Waals surface area (Å²) in [5.41, 5.74) is 0.695. The lowest BCUT2D eigenvalue weighted by Crippen LogP contribution is -2.01. The Morgan fingerprint density at radius 2 is 2.40 bits per heavy atom. The molecular formula is C5H5F2NOS. The molecule has 0 radical (unpaired) electrons. The van der Waals surface area contributed by atoms with Gasteiger partial charge in [0.1, 0.15) is 0 Å². The van der Waals surface area contributed by atoms with E-state index in [2.05, 4.69) is 9.72 Å². The molecule has 0 amide bonds. The molecule has 0 atom stereocenters. The fourth-order valence-electron chi connectivity index (χ4n) is 0.463. The van der Waals surface area contributed by atoms with E-state index >= 15 is 0 Å². The summed E-state index contributed by atoms with van der Waals surface area (Å²) in [6.45, 7) is -1.06. The van der Waals surface area contributed by atoms with Gasteiger partial charge < -0.3 is 4.74 Å². The van der Waals surface area contributed by atoms with Gasteiger partial charge >= 0.3 is 6.61 Å². The molecule has 0 N–H and O–H groups in total. The van der Waals surface area contributed by atoms with Gasteiger partial charge in [0.25, 0.3) is 5.19 Å². The van der Waals surface area contributed by atoms with E-state index in [0.717, 1.165) is 11.3 Å². The van der Waals surface area contributed by atoms with Gasteiger partial charge in [-0.15, -0.1) is 0 Å². The molecule has 1 rings (SSSR count). The molecular weight excluding hydrogens is 160 g/mol. The van der Waals surface area contributed by atoms with Gasteiger partial charge in [0.05, 0.1) is 5.69 Å². The third-order valence-electron chi connectivity index (χ3n) is 0.788. The molecule has 0 aromatic carbocycles. The Morgan fingerprint density at radius 3 is 2.80 bits per heavy atom. The highest BCUT2D eigenvalue weighted by atomic mass is 32.1. The molecule has 1 aromatic heterocycles. The maximum Gasteiger partial charge on any atom is 0.389 e. The fourth-order valence-corrected chi connectivity index (χ4v) is 1.11. The lowest BCUT2D eigenvalue weighted by atomic mass is 10.6. The second kappa shape index (κ2) is 2.92. The van der Waals surface area contributed by atoms with Gasteiger partial charge in [-0.05, 0) is 6.92 Å². The molecule has 10 heavy (non-hydrogen) atoms. The lowest BCUT2D eigenvalue weighted by molar-refractivity contribution is -0.0499. The number of aromatic nitrogens is 1. The number of hydrogen-bond donors (Lipinski definition) is 0. The van der Waals surface area contributed by atoms with Crippen LogP contribution < -0.4 is 4.74 Å². The first-order chi connectivity index (χ1) is 4.68. The number of ether oxygens (including phenoxy) is 1. The van der Waals surface area contributed by atoms with Crippen molar-refractivity contribution in [1.29, 1.82) is 0 Å². The van der Waals surface area contributed by atoms with Crippen molar-refractivity contribution in [3.8, 4) is 5.19 Å². The molecule has 0 unspecified atom stereocenters. The van der Waals surface area contributed by atoms with E-state index in [-0.39, 0.29) is 5.19 Å². The van der Waals surface area contributed by atoms with E-state index in [0.29, 0.717) is 5.69 Å². The van der Waals surface area contributed by atoms with Crippen LogP contribution in [-0.2, 0) is 0 Å². The highest BCUT2D eigenvalue weighted by Crippen LogP contribution is 2.18. The van der Waals surface area contributed by atoms with Crippen LogP contribution in [0.25, 0.3) is 0 Å². The molecule has 0 bridgehead atoms. The maximum absolute atomic E-state index is 11.5. The summed E-state index contributed by atoms with van der Waals surface area (Å²) >= 11 is 1.06. The van der Waals surface area contributed by atoms with Crippen LogP contribution in [0.15, 0.2) is 5.38 Å². The SMILES string of the molecule is Cc1csc(OC(F)F)n1. The Hall–Kier alpha value is -0.710. The first-order valence-corrected chi connectivity index (χ1v) is 3.43. The second-order valence-electron chi connectivity index (χ2n) is 1.63. The van der Waals surface area contributed by atoms with Gasteiger partial charge in [-0.3, -0.25) is 0 Å². The summed E-state index contributed by atoms with van der Waals surface area (Å²) in [5, 5.41) is 1.67. The lowest BCUT2D eigenvalue weighted by Gasteiger charge is -1.96. The van der Waals surface area contributed by atoms with E-state index in [9.17, 15) is 8.78 Å². The normalized spacial score (nSPS) is 10.4. The van der Waals surface area contributed by atoms with Crippen LogP contribution in [0.4, 0.5) is 8.78 Å². The Bertz CT molecular complexity index is 213. The van der Waals surface area contributed by atoms with Gasteiger partial charge in [-0.25, -0.2) is 4.98 Å². The van der Waals surface area contributed by atoms with Crippen molar-refractivity contribution >= 4 is 11.3 Å². The predicted octanol–water partition coefficient (Wildman–Crippen LogP) is 2.05. The van der Waals surface area contributed by atoms with E-state index in [1.54, 1.807) is 12.3 Å². The van der Waals surface area contributed by atoms with Crippen molar-refractivity contribution in [3.05, 3.63) is 11.1 Å². The molecule has 0 spiro atoms. The average molecular weight is 165 g/mol. The number of halogens is 2. The van der Waals surface area contributed by atoms with E-state index in [4.69, 9.17) is 0 Å². The van der Waals surface area contributed by atoms with Gasteiger partial charge in [0, 0.05) is 5.38 Å². The first-order valence-electron chi connectivity index (χ1n) is 2.55. The molecule has 1 heterocycles. The fraction of sp³-hybridized carbons (Fsp3) is 0.400. The minimum Gasteiger partial charge on any atom is -0.408 e. The Morgan fingerprint density at radius 1 is 1.70 bits per heavy atom. The Balaban J connectivity index is 2.58. The van der Waals surface area contributed by atoms with Crippen molar-refractivity contribution in [2.45, 2.75) is 13.5 Å². The number of nitrogens with zero attached hydrogens (tertiary/aromatic N) is 1. The molecule has 0 fully saturated rings. The van der Waals surface area contributed by atoms with Crippen molar-refractivity contribution < 1.29 is 13.5 Å². The smallest absolute Gasteiger partial charge is 0.389 e. The zero-order valence-electron chi connectivity index (χ0n) is 5.17. The van der Waals surface area contributed by atoms with Crippen molar-refractivity contribution in [2.75, 3.05) is 0 Å². The van der Waals surface area contributed by atoms with Gasteiger partial charge in [-0.2, -0.15) is 8.78 Å². The van der Waals surface area contributed by atoms with Crippen LogP contribution in [0.3, 0.4) is 0 Å². The largest absolute Gasteiger partial charge is 0.408 e. The highest BCUT2D eigenvalue weighted by Gasteiger charge is 2.06. The van der Waals surface area contributed by atoms with E-state index < -0.39 is 6.61 Å². The summed E-state index contributed by atoms with van der Waals surface area (Å²) in [6.07, 6.45) is 0. The maximum atomic E-state index is 11.5. The third kappa shape index (κ3) is 1.91. The average Bonchev–Trinajstić information content (AvgIpc) is 2.13. The van der Waals surface area contributed by atoms with Crippen molar-refractivity contribution in [2.24, 2.45) is 0 Å². The molecule has 0 aliphatic carbocycles. The summed E-state index contributed by atoms with van der Waals surface area (Å²) < 4.78 is 27.0. The van der Waals surface area contributed by atoms with E-state index in [1.165, 1.54) is 0 Å². The molecule has 2 nitrogen and oxygen atoms in total. The Kier molecular flexibility index (Phi) is 2.16. The quantitative estimate of drug-likeness (QED) is 0.669. The topological polar surface area (TPSA) is 22.1 Å². The minimum absolute atomic E-state index is 0.0208. The minimum atomic E-state index is -2.77. The standard InChI is InChI=1S/C5H5F2NOS/c1-3-2-10-5(8-3)9-4(6)7/h2,4H,1H3. The monoisotopic (exact) mass is 165 g/mol. The second-order valence-corrected chi connectivity index (χ2v) is 2.45. The summed E-state index contributed by atoms with van der Waals surface area (Å²) in [6, 6.07) is 0. The number of rotatable bonds is 2. The van der Waals surface area contributed by atoms with Crippen molar-refractivity contribution in [1.82, 2.24) is 4.98 Å². The van der Waals surface area contributed by atoms with Crippen LogP contribution in [0, 0.1) is 6.92 Å². The molecule has 0 aliphatic rings. The molecule has 0 saturated heterocycles. The number of alkyl halides is 2. The molecule has 5 heteroatoms. The van der Waals surface area contributed by atoms with Crippen LogP contribution in [0.5, 0.6) is 5.19 Å². The molecule has 0 saturated carbocycles. The van der Waals surface area contributed by atoms with Gasteiger partial charge in [0.15, 0.2) is 0 Å². The zero-order valence-corrected chi connectivity index (χ0v) is 5.99. The number of hydrogen-bond acceptors (Lipinski definition) is 3. The third-order valence-corrected chi connectivity index (χ3v) is 1.64. The van der Waals surface area contributed by atoms with Crippen LogP contribution >= 0.6 is 11.3 Å². The Labute approximate surface area is 60.5 Å². The van der Waals surface area contributed by atoms with Gasteiger partial charge in [-0.1, -0.05) is 11.3 Å². The van der Waals surface area contributed by atoms with E-state index in [1.807, 2.05) is 0 Å². The van der Waals surface area contributed by atoms with Crippen LogP contribution in [0.2, 0.25) is 0 Å². The number of aryl methyl sites for hydroxylation is 1. The first kappa shape index (κ1) is 7.40. The predicted molar refractivity (Wildman–Crippen MR) is 33.5 cm³/mol. The molecule has 1 aromatic rings. The van der Waals surface area contributed by atoms with Crippen molar-refractivity contribution in [3.63, 3.8) is 0 Å². The van der Waals surface area contributed by atoms with Crippen LogP contribution in [0.1, 0.15) is 5.69 Å². The van der Waals surface area contributed by atoms with Gasteiger partial charge in [0.2, 0.25) is 0 Å². The summed E-state index contributed by atoms with van der Waals surface area (Å²) in [5.74, 6) is 0. The zero-order chi connectivity index (χ0) is 7.56. The molecule has 56 valence electrons. The summed E-state index contributed by atoms with van der Waals surface area (Å²) in [4.78, 5) is 3.67. The molecule has 0 aliphatic heterocycles. The van der Waals surface area contributed by atoms with Crippen LogP contribution in [-0.4, -0.2) is 11.6 Å².